The van der Waals surface area contributed by atoms with Gasteiger partial charge in [-0.25, -0.2) is 9.97 Å². The Balaban J connectivity index is 1.68. The van der Waals surface area contributed by atoms with E-state index >= 15 is 0 Å². The van der Waals surface area contributed by atoms with E-state index in [-0.39, 0.29) is 5.91 Å². The molecule has 0 unspecified atom stereocenters. The summed E-state index contributed by atoms with van der Waals surface area (Å²) < 4.78 is 0. The van der Waals surface area contributed by atoms with E-state index in [1.54, 1.807) is 24.7 Å². The van der Waals surface area contributed by atoms with E-state index in [0.717, 1.165) is 29.9 Å². The Morgan fingerprint density at radius 3 is 2.62 bits per heavy atom. The van der Waals surface area contributed by atoms with Gasteiger partial charge in [-0.1, -0.05) is 6.07 Å². The van der Waals surface area contributed by atoms with E-state index in [2.05, 4.69) is 56.5 Å². The molecule has 0 saturated carbocycles. The van der Waals surface area contributed by atoms with Crippen molar-refractivity contribution in [3.05, 3.63) is 71.8 Å². The lowest BCUT2D eigenvalue weighted by molar-refractivity contribution is 0.0946. The Morgan fingerprint density at radius 2 is 1.93 bits per heavy atom. The first-order valence-electron chi connectivity index (χ1n) is 9.73. The lowest BCUT2D eigenvalue weighted by Gasteiger charge is -2.22. The summed E-state index contributed by atoms with van der Waals surface area (Å²) in [6.45, 7) is 8.64. The molecule has 1 aromatic carbocycles. The van der Waals surface area contributed by atoms with E-state index in [1.165, 1.54) is 5.69 Å². The van der Waals surface area contributed by atoms with E-state index in [1.807, 2.05) is 25.1 Å². The normalized spacial score (nSPS) is 10.4. The molecule has 29 heavy (non-hydrogen) atoms. The van der Waals surface area contributed by atoms with Gasteiger partial charge < -0.3 is 15.5 Å². The molecule has 3 aromatic rings. The van der Waals surface area contributed by atoms with Crippen molar-refractivity contribution in [2.45, 2.75) is 27.3 Å². The molecule has 0 aliphatic rings. The average Bonchev–Trinajstić information content (AvgIpc) is 2.75. The van der Waals surface area contributed by atoms with Gasteiger partial charge in [0.05, 0.1) is 0 Å². The monoisotopic (exact) mass is 390 g/mol. The van der Waals surface area contributed by atoms with Gasteiger partial charge in [0.1, 0.15) is 5.69 Å². The van der Waals surface area contributed by atoms with Gasteiger partial charge in [0.2, 0.25) is 5.95 Å². The van der Waals surface area contributed by atoms with Crippen LogP contribution in [0, 0.1) is 6.92 Å². The Bertz CT molecular complexity index is 957. The van der Waals surface area contributed by atoms with E-state index in [4.69, 9.17) is 0 Å². The standard InChI is InChI=1S/C22H26N6O/c1-4-28(5-2)18-8-9-19(16(3)13-18)26-22-24-12-10-20(27-22)21(29)25-15-17-7-6-11-23-14-17/h6-14H,4-5,15H2,1-3H3,(H,25,29)(H,24,26,27). The molecular weight excluding hydrogens is 364 g/mol. The van der Waals surface area contributed by atoms with E-state index in [0.29, 0.717) is 18.2 Å². The highest BCUT2D eigenvalue weighted by molar-refractivity contribution is 5.92. The van der Waals surface area contributed by atoms with Crippen LogP contribution in [0.15, 0.2) is 55.0 Å². The summed E-state index contributed by atoms with van der Waals surface area (Å²) in [4.78, 5) is 27.3. The van der Waals surface area contributed by atoms with Crippen LogP contribution >= 0.6 is 0 Å². The molecule has 0 bridgehead atoms. The maximum Gasteiger partial charge on any atom is 0.270 e. The summed E-state index contributed by atoms with van der Waals surface area (Å²) in [5.74, 6) is 0.130. The lowest BCUT2D eigenvalue weighted by atomic mass is 10.1. The molecule has 3 rings (SSSR count). The maximum atomic E-state index is 12.4. The minimum Gasteiger partial charge on any atom is -0.372 e. The first kappa shape index (κ1) is 20.3. The minimum absolute atomic E-state index is 0.257. The number of nitrogens with one attached hydrogen (secondary N) is 2. The van der Waals surface area contributed by atoms with Gasteiger partial charge >= 0.3 is 0 Å². The highest BCUT2D eigenvalue weighted by Gasteiger charge is 2.10. The minimum atomic E-state index is -0.257. The van der Waals surface area contributed by atoms with Crippen molar-refractivity contribution < 1.29 is 4.79 Å². The van der Waals surface area contributed by atoms with Crippen LogP contribution in [-0.4, -0.2) is 33.9 Å². The lowest BCUT2D eigenvalue weighted by Crippen LogP contribution is -2.24. The molecule has 150 valence electrons. The van der Waals surface area contributed by atoms with Gasteiger partial charge in [-0.15, -0.1) is 0 Å². The fourth-order valence-electron chi connectivity index (χ4n) is 3.01. The van der Waals surface area contributed by atoms with Crippen LogP contribution in [0.4, 0.5) is 17.3 Å². The van der Waals surface area contributed by atoms with Crippen LogP contribution in [-0.2, 0) is 6.54 Å². The number of rotatable bonds is 8. The Morgan fingerprint density at radius 1 is 1.10 bits per heavy atom. The number of benzene rings is 1. The zero-order chi connectivity index (χ0) is 20.6. The summed E-state index contributed by atoms with van der Waals surface area (Å²) in [6.07, 6.45) is 5.00. The van der Waals surface area contributed by atoms with Crippen LogP contribution in [0.1, 0.15) is 35.5 Å². The van der Waals surface area contributed by atoms with Gasteiger partial charge in [0.25, 0.3) is 5.91 Å². The summed E-state index contributed by atoms with van der Waals surface area (Å²) in [7, 11) is 0. The molecule has 0 fully saturated rings. The third-order valence-corrected chi connectivity index (χ3v) is 4.65. The molecule has 0 spiro atoms. The van der Waals surface area contributed by atoms with Gasteiger partial charge in [-0.3, -0.25) is 9.78 Å². The zero-order valence-electron chi connectivity index (χ0n) is 17.0. The van der Waals surface area contributed by atoms with Gasteiger partial charge in [0.15, 0.2) is 0 Å². The molecule has 7 heteroatoms. The van der Waals surface area contributed by atoms with Gasteiger partial charge in [-0.05, 0) is 62.2 Å². The quantitative estimate of drug-likeness (QED) is 0.610. The average molecular weight is 390 g/mol. The highest BCUT2D eigenvalue weighted by Crippen LogP contribution is 2.24. The Hall–Kier alpha value is -3.48. The molecule has 0 saturated heterocycles. The third kappa shape index (κ3) is 5.28. The predicted octanol–water partition coefficient (Wildman–Crippen LogP) is 3.70. The van der Waals surface area contributed by atoms with Crippen LogP contribution in [0.3, 0.4) is 0 Å². The van der Waals surface area contributed by atoms with Crippen molar-refractivity contribution in [3.8, 4) is 0 Å². The van der Waals surface area contributed by atoms with E-state index < -0.39 is 0 Å². The number of anilines is 3. The Labute approximate surface area is 171 Å². The third-order valence-electron chi connectivity index (χ3n) is 4.65. The maximum absolute atomic E-state index is 12.4. The smallest absolute Gasteiger partial charge is 0.270 e. The molecular formula is C22H26N6O. The summed E-state index contributed by atoms with van der Waals surface area (Å²) in [5.41, 5.74) is 4.42. The molecule has 1 amide bonds. The molecule has 2 heterocycles. The first-order chi connectivity index (χ1) is 14.1. The highest BCUT2D eigenvalue weighted by atomic mass is 16.1. The van der Waals surface area contributed by atoms with E-state index in [9.17, 15) is 4.79 Å². The van der Waals surface area contributed by atoms with Crippen LogP contribution in [0.5, 0.6) is 0 Å². The number of nitrogens with zero attached hydrogens (tertiary/aromatic N) is 4. The zero-order valence-corrected chi connectivity index (χ0v) is 17.0. The molecule has 2 N–H and O–H groups in total. The second kappa shape index (κ2) is 9.64. The second-order valence-electron chi connectivity index (χ2n) is 6.61. The largest absolute Gasteiger partial charge is 0.372 e. The molecule has 0 aliphatic heterocycles. The summed E-state index contributed by atoms with van der Waals surface area (Å²) >= 11 is 0. The molecule has 7 nitrogen and oxygen atoms in total. The molecule has 0 aliphatic carbocycles. The molecule has 0 radical (unpaired) electrons. The molecule has 2 aromatic heterocycles. The van der Waals surface area contributed by atoms with Crippen molar-refractivity contribution >= 4 is 23.2 Å². The number of hydrogen-bond acceptors (Lipinski definition) is 6. The van der Waals surface area contributed by atoms with Crippen molar-refractivity contribution in [2.24, 2.45) is 0 Å². The number of aryl methyl sites for hydroxylation is 1. The fourth-order valence-corrected chi connectivity index (χ4v) is 3.01. The SMILES string of the molecule is CCN(CC)c1ccc(Nc2nccc(C(=O)NCc3cccnc3)n2)c(C)c1. The van der Waals surface area contributed by atoms with Gasteiger partial charge in [0, 0.05) is 49.6 Å². The number of aromatic nitrogens is 3. The van der Waals surface area contributed by atoms with Crippen molar-refractivity contribution in [3.63, 3.8) is 0 Å². The summed E-state index contributed by atoms with van der Waals surface area (Å²) in [5, 5.41) is 6.06. The number of carbonyl (C=O) groups is 1. The van der Waals surface area contributed by atoms with Crippen molar-refractivity contribution in [2.75, 3.05) is 23.3 Å². The second-order valence-corrected chi connectivity index (χ2v) is 6.61. The number of hydrogen-bond donors (Lipinski definition) is 2. The predicted molar refractivity (Wildman–Crippen MR) is 115 cm³/mol. The molecule has 0 atom stereocenters. The number of pyridine rings is 1. The van der Waals surface area contributed by atoms with Crippen LogP contribution in [0.2, 0.25) is 0 Å². The number of carbonyl (C=O) groups excluding carboxylic acids is 1. The first-order valence-corrected chi connectivity index (χ1v) is 9.73. The Kier molecular flexibility index (Phi) is 6.73. The number of amides is 1. The van der Waals surface area contributed by atoms with Crippen LogP contribution < -0.4 is 15.5 Å². The topological polar surface area (TPSA) is 83.0 Å². The fraction of sp³-hybridized carbons (Fsp3) is 0.273. The van der Waals surface area contributed by atoms with Crippen molar-refractivity contribution in [1.82, 2.24) is 20.3 Å². The summed E-state index contributed by atoms with van der Waals surface area (Å²) in [6, 6.07) is 11.6. The van der Waals surface area contributed by atoms with Crippen molar-refractivity contribution in [1.29, 1.82) is 0 Å². The van der Waals surface area contributed by atoms with Crippen LogP contribution in [0.25, 0.3) is 0 Å². The van der Waals surface area contributed by atoms with Gasteiger partial charge in [-0.2, -0.15) is 0 Å².